The predicted molar refractivity (Wildman–Crippen MR) is 134 cm³/mol. The Labute approximate surface area is 221 Å². The highest BCUT2D eigenvalue weighted by Gasteiger charge is 2.37. The van der Waals surface area contributed by atoms with Gasteiger partial charge in [0.25, 0.3) is 5.91 Å². The molecule has 39 heavy (non-hydrogen) atoms. The number of nitrogens with one attached hydrogen (secondary N) is 3. The fourth-order valence-electron chi connectivity index (χ4n) is 3.93. The van der Waals surface area contributed by atoms with Crippen LogP contribution < -0.4 is 20.9 Å². The molecule has 1 heterocycles. The summed E-state index contributed by atoms with van der Waals surface area (Å²) < 4.78 is 83.9. The number of carbonyl (C=O) groups excluding carboxylic acids is 2. The minimum atomic E-state index is -5.05. The SMILES string of the molecule is CN(C)c1ccc(NC(=O)Nc2cc(C(F)(F)F)cc(C(F)(F)F)c2)cc1C(=O)NCCCN1CCOCC1. The maximum atomic E-state index is 13.1. The Morgan fingerprint density at radius 3 is 2.05 bits per heavy atom. The molecule has 0 unspecified atom stereocenters. The van der Waals surface area contributed by atoms with Gasteiger partial charge in [0.1, 0.15) is 0 Å². The van der Waals surface area contributed by atoms with Crippen LogP contribution >= 0.6 is 0 Å². The summed E-state index contributed by atoms with van der Waals surface area (Å²) >= 11 is 0. The van der Waals surface area contributed by atoms with Gasteiger partial charge in [0, 0.05) is 50.8 Å². The lowest BCUT2D eigenvalue weighted by molar-refractivity contribution is -0.143. The Bertz CT molecular complexity index is 1130. The van der Waals surface area contributed by atoms with Crippen LogP contribution in [0, 0.1) is 0 Å². The average Bonchev–Trinajstić information content (AvgIpc) is 2.85. The molecule has 1 aliphatic rings. The highest BCUT2D eigenvalue weighted by atomic mass is 19.4. The number of anilines is 3. The minimum absolute atomic E-state index is 0.0328. The highest BCUT2D eigenvalue weighted by Crippen LogP contribution is 2.37. The molecule has 3 amide bonds. The third-order valence-electron chi connectivity index (χ3n) is 5.87. The maximum Gasteiger partial charge on any atom is 0.416 e. The number of benzene rings is 2. The molecule has 1 fully saturated rings. The van der Waals surface area contributed by atoms with Crippen molar-refractivity contribution in [2.24, 2.45) is 0 Å². The number of halogens is 6. The van der Waals surface area contributed by atoms with E-state index in [9.17, 15) is 35.9 Å². The number of carbonyl (C=O) groups is 2. The molecule has 0 radical (unpaired) electrons. The summed E-state index contributed by atoms with van der Waals surface area (Å²) in [6.07, 6.45) is -9.40. The van der Waals surface area contributed by atoms with Gasteiger partial charge in [-0.3, -0.25) is 9.69 Å². The van der Waals surface area contributed by atoms with Crippen molar-refractivity contribution in [2.75, 3.05) is 69.0 Å². The van der Waals surface area contributed by atoms with E-state index in [1.165, 1.54) is 12.1 Å². The van der Waals surface area contributed by atoms with Crippen molar-refractivity contribution in [1.29, 1.82) is 0 Å². The van der Waals surface area contributed by atoms with Gasteiger partial charge in [-0.15, -0.1) is 0 Å². The molecular formula is C25H29F6N5O3. The molecule has 3 N–H and O–H groups in total. The number of hydrogen-bond donors (Lipinski definition) is 3. The van der Waals surface area contributed by atoms with E-state index in [2.05, 4.69) is 15.5 Å². The Hall–Kier alpha value is -3.52. The summed E-state index contributed by atoms with van der Waals surface area (Å²) in [7, 11) is 3.44. The molecule has 0 aromatic heterocycles. The Kier molecular flexibility index (Phi) is 9.67. The van der Waals surface area contributed by atoms with Gasteiger partial charge >= 0.3 is 18.4 Å². The maximum absolute atomic E-state index is 13.1. The van der Waals surface area contributed by atoms with Crippen LogP contribution in [-0.2, 0) is 17.1 Å². The zero-order valence-electron chi connectivity index (χ0n) is 21.3. The second-order valence-corrected chi connectivity index (χ2v) is 9.06. The molecule has 0 spiro atoms. The topological polar surface area (TPSA) is 85.9 Å². The number of urea groups is 1. The second kappa shape index (κ2) is 12.6. The molecule has 0 saturated carbocycles. The number of rotatable bonds is 8. The lowest BCUT2D eigenvalue weighted by atomic mass is 10.1. The van der Waals surface area contributed by atoms with Crippen LogP contribution in [0.25, 0.3) is 0 Å². The quantitative estimate of drug-likeness (QED) is 0.316. The molecule has 214 valence electrons. The molecule has 3 rings (SSSR count). The van der Waals surface area contributed by atoms with Gasteiger partial charge in [-0.1, -0.05) is 0 Å². The van der Waals surface area contributed by atoms with Crippen LogP contribution in [0.1, 0.15) is 27.9 Å². The molecule has 1 saturated heterocycles. The lowest BCUT2D eigenvalue weighted by Gasteiger charge is -2.26. The van der Waals surface area contributed by atoms with E-state index < -0.39 is 41.1 Å². The van der Waals surface area contributed by atoms with E-state index in [1.807, 2.05) is 5.32 Å². The van der Waals surface area contributed by atoms with Gasteiger partial charge in [0.15, 0.2) is 0 Å². The van der Waals surface area contributed by atoms with Gasteiger partial charge in [-0.2, -0.15) is 26.3 Å². The summed E-state index contributed by atoms with van der Waals surface area (Å²) in [6, 6.07) is 4.08. The van der Waals surface area contributed by atoms with Crippen LogP contribution in [0.5, 0.6) is 0 Å². The summed E-state index contributed by atoms with van der Waals surface area (Å²) in [4.78, 5) is 29.3. The van der Waals surface area contributed by atoms with Crippen LogP contribution in [0.4, 0.5) is 48.2 Å². The van der Waals surface area contributed by atoms with Crippen molar-refractivity contribution in [1.82, 2.24) is 10.2 Å². The molecule has 2 aromatic carbocycles. The third-order valence-corrected chi connectivity index (χ3v) is 5.87. The number of alkyl halides is 6. The monoisotopic (exact) mass is 561 g/mol. The number of amides is 3. The van der Waals surface area contributed by atoms with Gasteiger partial charge in [-0.05, 0) is 49.4 Å². The normalized spacial score (nSPS) is 14.6. The third kappa shape index (κ3) is 8.75. The number of nitrogens with zero attached hydrogens (tertiary/aromatic N) is 2. The van der Waals surface area contributed by atoms with E-state index in [0.717, 1.165) is 19.6 Å². The van der Waals surface area contributed by atoms with Crippen molar-refractivity contribution >= 4 is 29.0 Å². The van der Waals surface area contributed by atoms with Gasteiger partial charge in [0.2, 0.25) is 0 Å². The second-order valence-electron chi connectivity index (χ2n) is 9.06. The van der Waals surface area contributed by atoms with E-state index in [4.69, 9.17) is 4.74 Å². The zero-order valence-corrected chi connectivity index (χ0v) is 21.3. The fourth-order valence-corrected chi connectivity index (χ4v) is 3.93. The number of hydrogen-bond acceptors (Lipinski definition) is 5. The van der Waals surface area contributed by atoms with Gasteiger partial charge < -0.3 is 25.6 Å². The standard InChI is InChI=1S/C25H29F6N5O3/c1-35(2)21-5-4-18(15-20(21)22(37)32-6-3-7-36-8-10-39-11-9-36)33-23(38)34-19-13-16(24(26,27)28)12-17(14-19)25(29,30)31/h4-5,12-15H,3,6-11H2,1-2H3,(H,32,37)(H2,33,34,38). The molecule has 0 aliphatic carbocycles. The molecule has 2 aromatic rings. The first-order valence-electron chi connectivity index (χ1n) is 12.0. The zero-order chi connectivity index (χ0) is 28.8. The first-order valence-corrected chi connectivity index (χ1v) is 12.0. The van der Waals surface area contributed by atoms with E-state index >= 15 is 0 Å². The largest absolute Gasteiger partial charge is 0.416 e. The predicted octanol–water partition coefficient (Wildman–Crippen LogP) is 4.89. The van der Waals surface area contributed by atoms with E-state index in [1.54, 1.807) is 25.1 Å². The first kappa shape index (κ1) is 30.0. The number of ether oxygens (including phenoxy) is 1. The van der Waals surface area contributed by atoms with Crippen LogP contribution in [0.15, 0.2) is 36.4 Å². The van der Waals surface area contributed by atoms with Crippen molar-refractivity contribution in [3.63, 3.8) is 0 Å². The molecular weight excluding hydrogens is 532 g/mol. The molecule has 1 aliphatic heterocycles. The summed E-state index contributed by atoms with van der Waals surface area (Å²) in [6.45, 7) is 4.18. The van der Waals surface area contributed by atoms with Crippen molar-refractivity contribution in [3.8, 4) is 0 Å². The van der Waals surface area contributed by atoms with Crippen LogP contribution in [-0.4, -0.2) is 70.3 Å². The minimum Gasteiger partial charge on any atom is -0.379 e. The molecule has 8 nitrogen and oxygen atoms in total. The Balaban J connectivity index is 1.69. The molecule has 0 atom stereocenters. The van der Waals surface area contributed by atoms with Crippen molar-refractivity contribution in [2.45, 2.75) is 18.8 Å². The summed E-state index contributed by atoms with van der Waals surface area (Å²) in [5.41, 5.74) is -2.94. The Morgan fingerprint density at radius 2 is 1.49 bits per heavy atom. The highest BCUT2D eigenvalue weighted by molar-refractivity contribution is 6.04. The first-order chi connectivity index (χ1) is 18.2. The van der Waals surface area contributed by atoms with Crippen LogP contribution in [0.2, 0.25) is 0 Å². The average molecular weight is 562 g/mol. The van der Waals surface area contributed by atoms with Crippen molar-refractivity contribution in [3.05, 3.63) is 53.1 Å². The number of morpholine rings is 1. The lowest BCUT2D eigenvalue weighted by Crippen LogP contribution is -2.38. The molecule has 14 heteroatoms. The summed E-state index contributed by atoms with van der Waals surface area (Å²) in [5, 5.41) is 7.18. The van der Waals surface area contributed by atoms with Crippen LogP contribution in [0.3, 0.4) is 0 Å². The van der Waals surface area contributed by atoms with Gasteiger partial charge in [0.05, 0.1) is 29.9 Å². The fraction of sp³-hybridized carbons (Fsp3) is 0.440. The van der Waals surface area contributed by atoms with Gasteiger partial charge in [-0.25, -0.2) is 4.79 Å². The molecule has 0 bridgehead atoms. The van der Waals surface area contributed by atoms with Crippen molar-refractivity contribution < 1.29 is 40.7 Å². The Morgan fingerprint density at radius 1 is 0.897 bits per heavy atom. The summed E-state index contributed by atoms with van der Waals surface area (Å²) in [5.74, 6) is -0.405. The van der Waals surface area contributed by atoms with E-state index in [-0.39, 0.29) is 17.3 Å². The smallest absolute Gasteiger partial charge is 0.379 e. The van der Waals surface area contributed by atoms with E-state index in [0.29, 0.717) is 44.0 Å².